The Morgan fingerprint density at radius 2 is 0.982 bits per heavy atom. The third-order valence-corrected chi connectivity index (χ3v) is 11.2. The summed E-state index contributed by atoms with van der Waals surface area (Å²) in [5.41, 5.74) is 0. The van der Waals surface area contributed by atoms with Crippen LogP contribution in [0.25, 0.3) is 0 Å². The average molecular weight is 823 g/mol. The van der Waals surface area contributed by atoms with E-state index in [1.165, 1.54) is 135 Å². The SMILES string of the molecule is CCCCCCCC/C=C\CCCCCCCCCCCC(=O)NC(COP(=O)([O-])OCC[N+](C)(C)C)C(O)/C=C/CC/C=C/CC/C=C/CCCCCCCC. The monoisotopic (exact) mass is 823 g/mol. The lowest BCUT2D eigenvalue weighted by atomic mass is 10.0. The van der Waals surface area contributed by atoms with Gasteiger partial charge in [0.05, 0.1) is 39.9 Å². The van der Waals surface area contributed by atoms with E-state index in [1.54, 1.807) is 6.08 Å². The largest absolute Gasteiger partial charge is 0.756 e. The van der Waals surface area contributed by atoms with E-state index in [-0.39, 0.29) is 12.5 Å². The normalized spacial score (nSPS) is 14.7. The Hall–Kier alpha value is -1.54. The van der Waals surface area contributed by atoms with Gasteiger partial charge >= 0.3 is 0 Å². The number of allylic oxidation sites excluding steroid dienone is 7. The molecule has 0 saturated heterocycles. The molecule has 0 aliphatic rings. The van der Waals surface area contributed by atoms with Crippen LogP contribution in [0.1, 0.15) is 200 Å². The number of carbonyl (C=O) groups excluding carboxylic acids is 1. The number of nitrogens with one attached hydrogen (secondary N) is 1. The van der Waals surface area contributed by atoms with Crippen molar-refractivity contribution in [1.29, 1.82) is 0 Å². The molecule has 8 nitrogen and oxygen atoms in total. The Bertz CT molecular complexity index is 1070. The minimum Gasteiger partial charge on any atom is -0.756 e. The second kappa shape index (κ2) is 39.9. The van der Waals surface area contributed by atoms with Gasteiger partial charge in [-0.15, -0.1) is 0 Å². The van der Waals surface area contributed by atoms with E-state index in [2.05, 4.69) is 55.6 Å². The van der Waals surface area contributed by atoms with Gasteiger partial charge in [0.1, 0.15) is 13.2 Å². The highest BCUT2D eigenvalue weighted by molar-refractivity contribution is 7.45. The second-order valence-corrected chi connectivity index (χ2v) is 18.5. The lowest BCUT2D eigenvalue weighted by Gasteiger charge is -2.29. The van der Waals surface area contributed by atoms with Gasteiger partial charge in [0.2, 0.25) is 5.91 Å². The van der Waals surface area contributed by atoms with Crippen LogP contribution in [-0.4, -0.2) is 68.5 Å². The Kier molecular flexibility index (Phi) is 38.8. The van der Waals surface area contributed by atoms with E-state index in [1.807, 2.05) is 27.2 Å². The van der Waals surface area contributed by atoms with Crippen LogP contribution in [-0.2, 0) is 18.4 Å². The fourth-order valence-electron chi connectivity index (χ4n) is 6.47. The highest BCUT2D eigenvalue weighted by atomic mass is 31.2. The molecule has 0 spiro atoms. The lowest BCUT2D eigenvalue weighted by Crippen LogP contribution is -2.45. The van der Waals surface area contributed by atoms with Crippen LogP contribution in [0, 0.1) is 0 Å². The Morgan fingerprint density at radius 1 is 0.596 bits per heavy atom. The summed E-state index contributed by atoms with van der Waals surface area (Å²) in [5, 5.41) is 13.8. The summed E-state index contributed by atoms with van der Waals surface area (Å²) < 4.78 is 23.2. The summed E-state index contributed by atoms with van der Waals surface area (Å²) in [7, 11) is 1.23. The summed E-state index contributed by atoms with van der Waals surface area (Å²) in [6.45, 7) is 4.60. The van der Waals surface area contributed by atoms with Crippen molar-refractivity contribution in [3.05, 3.63) is 48.6 Å². The zero-order valence-corrected chi connectivity index (χ0v) is 38.7. The van der Waals surface area contributed by atoms with Crippen molar-refractivity contribution in [2.75, 3.05) is 40.9 Å². The number of quaternary nitrogens is 1. The van der Waals surface area contributed by atoms with Crippen LogP contribution in [0.3, 0.4) is 0 Å². The van der Waals surface area contributed by atoms with Gasteiger partial charge < -0.3 is 28.8 Å². The topological polar surface area (TPSA) is 108 Å². The number of hydrogen-bond acceptors (Lipinski definition) is 6. The lowest BCUT2D eigenvalue weighted by molar-refractivity contribution is -0.870. The van der Waals surface area contributed by atoms with E-state index in [0.29, 0.717) is 17.4 Å². The molecule has 0 rings (SSSR count). The Balaban J connectivity index is 4.44. The fourth-order valence-corrected chi connectivity index (χ4v) is 7.19. The van der Waals surface area contributed by atoms with Crippen molar-refractivity contribution >= 4 is 13.7 Å². The number of phosphoric ester groups is 1. The number of aliphatic hydroxyl groups excluding tert-OH is 1. The van der Waals surface area contributed by atoms with E-state index in [4.69, 9.17) is 9.05 Å². The molecule has 0 aliphatic heterocycles. The highest BCUT2D eigenvalue weighted by Crippen LogP contribution is 2.38. The summed E-state index contributed by atoms with van der Waals surface area (Å²) in [4.78, 5) is 25.3. The van der Waals surface area contributed by atoms with Gasteiger partial charge in [0.25, 0.3) is 7.82 Å². The van der Waals surface area contributed by atoms with Crippen LogP contribution >= 0.6 is 7.82 Å². The number of amides is 1. The minimum absolute atomic E-state index is 0.0102. The van der Waals surface area contributed by atoms with E-state index in [0.717, 1.165) is 44.9 Å². The predicted octanol–water partition coefficient (Wildman–Crippen LogP) is 12.6. The maximum absolute atomic E-state index is 12.9. The standard InChI is InChI=1S/C48H91N2O6P/c1-6-8-10-12-14-16-18-20-22-24-25-26-28-30-32-34-36-38-40-42-48(52)49-46(45-56-57(53,54)55-44-43-50(3,4)5)47(51)41-39-37-35-33-31-29-27-23-21-19-17-15-13-11-9-7-2/h20-23,31,33,39,41,46-47,51H,6-19,24-30,32,34-38,40,42-45H2,1-5H3,(H-,49,52,53,54)/b22-20-,23-21+,33-31+,41-39+. The molecule has 0 saturated carbocycles. The zero-order valence-electron chi connectivity index (χ0n) is 37.8. The number of likely N-dealkylation sites (N-methyl/N-ethyl adjacent to an activating group) is 1. The molecule has 0 fully saturated rings. The molecular formula is C48H91N2O6P. The predicted molar refractivity (Wildman–Crippen MR) is 242 cm³/mol. The molecule has 2 N–H and O–H groups in total. The molecule has 0 bridgehead atoms. The van der Waals surface area contributed by atoms with Crippen LogP contribution in [0.15, 0.2) is 48.6 Å². The first-order chi connectivity index (χ1) is 27.5. The molecule has 3 unspecified atom stereocenters. The summed E-state index contributed by atoms with van der Waals surface area (Å²) >= 11 is 0. The van der Waals surface area contributed by atoms with Crippen molar-refractivity contribution in [2.24, 2.45) is 0 Å². The van der Waals surface area contributed by atoms with Crippen LogP contribution in [0.5, 0.6) is 0 Å². The number of aliphatic hydroxyl groups is 1. The van der Waals surface area contributed by atoms with Crippen LogP contribution < -0.4 is 10.2 Å². The molecule has 0 heterocycles. The first-order valence-electron chi connectivity index (χ1n) is 23.5. The van der Waals surface area contributed by atoms with Gasteiger partial charge in [0.15, 0.2) is 0 Å². The Morgan fingerprint density at radius 3 is 1.42 bits per heavy atom. The molecule has 3 atom stereocenters. The van der Waals surface area contributed by atoms with E-state index in [9.17, 15) is 19.4 Å². The van der Waals surface area contributed by atoms with Crippen molar-refractivity contribution in [2.45, 2.75) is 212 Å². The maximum Gasteiger partial charge on any atom is 0.268 e. The average Bonchev–Trinajstić information content (AvgIpc) is 3.16. The molecule has 1 amide bonds. The highest BCUT2D eigenvalue weighted by Gasteiger charge is 2.23. The van der Waals surface area contributed by atoms with Crippen molar-refractivity contribution < 1.29 is 32.9 Å². The van der Waals surface area contributed by atoms with E-state index >= 15 is 0 Å². The van der Waals surface area contributed by atoms with Gasteiger partial charge in [-0.2, -0.15) is 0 Å². The first-order valence-corrected chi connectivity index (χ1v) is 25.0. The summed E-state index contributed by atoms with van der Waals surface area (Å²) in [6.07, 6.45) is 50.2. The quantitative estimate of drug-likeness (QED) is 0.0275. The second-order valence-electron chi connectivity index (χ2n) is 17.1. The maximum atomic E-state index is 12.9. The van der Waals surface area contributed by atoms with Crippen molar-refractivity contribution in [1.82, 2.24) is 5.32 Å². The third-order valence-electron chi connectivity index (χ3n) is 10.2. The molecule has 57 heavy (non-hydrogen) atoms. The molecule has 0 radical (unpaired) electrons. The summed E-state index contributed by atoms with van der Waals surface area (Å²) in [5.74, 6) is -0.215. The van der Waals surface area contributed by atoms with Crippen molar-refractivity contribution in [3.63, 3.8) is 0 Å². The first kappa shape index (κ1) is 55.5. The molecule has 0 aromatic heterocycles. The number of phosphoric acid groups is 1. The Labute approximate surface area is 352 Å². The number of nitrogens with zero attached hydrogens (tertiary/aromatic N) is 1. The zero-order chi connectivity index (χ0) is 42.1. The van der Waals surface area contributed by atoms with Gasteiger partial charge in [-0.1, -0.05) is 172 Å². The number of rotatable bonds is 42. The number of carbonyl (C=O) groups is 1. The molecule has 9 heteroatoms. The van der Waals surface area contributed by atoms with E-state index < -0.39 is 26.6 Å². The van der Waals surface area contributed by atoms with Crippen LogP contribution in [0.4, 0.5) is 0 Å². The van der Waals surface area contributed by atoms with Crippen LogP contribution in [0.2, 0.25) is 0 Å². The molecule has 0 aromatic rings. The molecule has 0 aliphatic carbocycles. The number of hydrogen-bond donors (Lipinski definition) is 2. The fraction of sp³-hybridized carbons (Fsp3) is 0.812. The number of unbranched alkanes of at least 4 members (excludes halogenated alkanes) is 23. The smallest absolute Gasteiger partial charge is 0.268 e. The van der Waals surface area contributed by atoms with Gasteiger partial charge in [-0.25, -0.2) is 0 Å². The van der Waals surface area contributed by atoms with Crippen molar-refractivity contribution in [3.8, 4) is 0 Å². The summed E-state index contributed by atoms with van der Waals surface area (Å²) in [6, 6.07) is -0.910. The minimum atomic E-state index is -4.60. The van der Waals surface area contributed by atoms with Gasteiger partial charge in [-0.05, 0) is 70.6 Å². The molecule has 0 aromatic carbocycles. The molecule has 334 valence electrons. The van der Waals surface area contributed by atoms with Gasteiger partial charge in [0, 0.05) is 6.42 Å². The van der Waals surface area contributed by atoms with Gasteiger partial charge in [-0.3, -0.25) is 9.36 Å². The molecular weight excluding hydrogens is 732 g/mol. The third kappa shape index (κ3) is 42.4.